The third kappa shape index (κ3) is 3.42. The summed E-state index contributed by atoms with van der Waals surface area (Å²) in [6, 6.07) is 11.9. The highest BCUT2D eigenvalue weighted by Gasteiger charge is 2.49. The van der Waals surface area contributed by atoms with E-state index in [4.69, 9.17) is 9.15 Å². The van der Waals surface area contributed by atoms with Crippen molar-refractivity contribution in [1.82, 2.24) is 4.90 Å². The van der Waals surface area contributed by atoms with Crippen molar-refractivity contribution in [3.63, 3.8) is 0 Å². The van der Waals surface area contributed by atoms with Crippen molar-refractivity contribution in [2.24, 2.45) is 5.92 Å². The Bertz CT molecular complexity index is 834. The van der Waals surface area contributed by atoms with E-state index in [9.17, 15) is 9.90 Å². The summed E-state index contributed by atoms with van der Waals surface area (Å²) in [5, 5.41) is 11.6. The standard InChI is InChI=1S/C22H27NO4/c1-26-21-15-27-17(13-20(21)24)14-23-12-11-22(25,16-7-3-2-4-8-16)18-9-5-6-10-19(18)23/h2-4,7-8,13,15,18-19,25H,5-6,9-12,14H2,1H3/t18-,19-,22+/m0/s1. The van der Waals surface area contributed by atoms with Crippen LogP contribution in [0.2, 0.25) is 0 Å². The molecule has 0 radical (unpaired) electrons. The molecule has 1 aromatic heterocycles. The molecule has 0 bridgehead atoms. The van der Waals surface area contributed by atoms with Crippen LogP contribution >= 0.6 is 0 Å². The van der Waals surface area contributed by atoms with Crippen molar-refractivity contribution in [2.75, 3.05) is 13.7 Å². The Kier molecular flexibility index (Phi) is 5.06. The molecule has 2 aliphatic rings. The molecule has 5 nitrogen and oxygen atoms in total. The van der Waals surface area contributed by atoms with Gasteiger partial charge in [-0.25, -0.2) is 0 Å². The monoisotopic (exact) mass is 369 g/mol. The van der Waals surface area contributed by atoms with Crippen LogP contribution in [-0.4, -0.2) is 29.7 Å². The molecule has 1 saturated heterocycles. The molecule has 144 valence electrons. The van der Waals surface area contributed by atoms with E-state index in [1.54, 1.807) is 0 Å². The molecule has 1 aromatic carbocycles. The maximum absolute atomic E-state index is 12.0. The van der Waals surface area contributed by atoms with E-state index in [2.05, 4.69) is 4.90 Å². The first-order valence-corrected chi connectivity index (χ1v) is 9.79. The number of nitrogens with zero attached hydrogens (tertiary/aromatic N) is 1. The van der Waals surface area contributed by atoms with Crippen LogP contribution in [0.1, 0.15) is 43.4 Å². The molecule has 2 heterocycles. The summed E-state index contributed by atoms with van der Waals surface area (Å²) >= 11 is 0. The molecule has 1 saturated carbocycles. The Morgan fingerprint density at radius 1 is 1.26 bits per heavy atom. The van der Waals surface area contributed by atoms with Crippen molar-refractivity contribution in [1.29, 1.82) is 0 Å². The predicted molar refractivity (Wildman–Crippen MR) is 103 cm³/mol. The molecule has 5 heteroatoms. The van der Waals surface area contributed by atoms with Gasteiger partial charge in [0.05, 0.1) is 19.3 Å². The molecular formula is C22H27NO4. The molecule has 1 aliphatic carbocycles. The fourth-order valence-electron chi connectivity index (χ4n) is 4.92. The normalized spacial score (nSPS) is 28.5. The third-order valence-corrected chi connectivity index (χ3v) is 6.30. The predicted octanol–water partition coefficient (Wildman–Crippen LogP) is 3.30. The van der Waals surface area contributed by atoms with E-state index < -0.39 is 5.60 Å². The smallest absolute Gasteiger partial charge is 0.227 e. The summed E-state index contributed by atoms with van der Waals surface area (Å²) in [7, 11) is 1.47. The lowest BCUT2D eigenvalue weighted by molar-refractivity contribution is -0.124. The van der Waals surface area contributed by atoms with Gasteiger partial charge in [0.25, 0.3) is 0 Å². The lowest BCUT2D eigenvalue weighted by Gasteiger charge is -2.52. The highest BCUT2D eigenvalue weighted by Crippen LogP contribution is 2.47. The summed E-state index contributed by atoms with van der Waals surface area (Å²) in [6.45, 7) is 1.37. The minimum absolute atomic E-state index is 0.156. The molecule has 2 fully saturated rings. The van der Waals surface area contributed by atoms with Crippen LogP contribution in [0.25, 0.3) is 0 Å². The largest absolute Gasteiger partial charge is 0.490 e. The van der Waals surface area contributed by atoms with Gasteiger partial charge in [0.1, 0.15) is 12.0 Å². The molecule has 2 aromatic rings. The first-order chi connectivity index (χ1) is 13.1. The fraction of sp³-hybridized carbons (Fsp3) is 0.500. The van der Waals surface area contributed by atoms with Gasteiger partial charge >= 0.3 is 0 Å². The van der Waals surface area contributed by atoms with Crippen molar-refractivity contribution in [2.45, 2.75) is 50.3 Å². The molecule has 1 N–H and O–H groups in total. The molecule has 0 spiro atoms. The van der Waals surface area contributed by atoms with E-state index >= 15 is 0 Å². The molecule has 0 unspecified atom stereocenters. The second-order valence-corrected chi connectivity index (χ2v) is 7.75. The van der Waals surface area contributed by atoms with Crippen molar-refractivity contribution >= 4 is 0 Å². The van der Waals surface area contributed by atoms with E-state index in [1.807, 2.05) is 30.3 Å². The van der Waals surface area contributed by atoms with Crippen LogP contribution in [-0.2, 0) is 12.1 Å². The van der Waals surface area contributed by atoms with E-state index in [1.165, 1.54) is 25.9 Å². The summed E-state index contributed by atoms with van der Waals surface area (Å²) < 4.78 is 10.6. The van der Waals surface area contributed by atoms with Crippen LogP contribution in [0.4, 0.5) is 0 Å². The van der Waals surface area contributed by atoms with Gasteiger partial charge < -0.3 is 14.3 Å². The van der Waals surface area contributed by atoms with E-state index in [-0.39, 0.29) is 17.1 Å². The second-order valence-electron chi connectivity index (χ2n) is 7.75. The van der Waals surface area contributed by atoms with Gasteiger partial charge in [-0.1, -0.05) is 43.2 Å². The maximum Gasteiger partial charge on any atom is 0.227 e. The number of piperidine rings is 1. The summed E-state index contributed by atoms with van der Waals surface area (Å²) in [5.41, 5.74) is 0.0955. The van der Waals surface area contributed by atoms with Gasteiger partial charge in [-0.2, -0.15) is 0 Å². The first kappa shape index (κ1) is 18.3. The van der Waals surface area contributed by atoms with Crippen molar-refractivity contribution < 1.29 is 14.3 Å². The van der Waals surface area contributed by atoms with E-state index in [0.29, 0.717) is 24.8 Å². The number of likely N-dealkylation sites (tertiary alicyclic amines) is 1. The average Bonchev–Trinajstić information content (AvgIpc) is 2.71. The van der Waals surface area contributed by atoms with Gasteiger partial charge in [-0.15, -0.1) is 0 Å². The number of hydrogen-bond donors (Lipinski definition) is 1. The van der Waals surface area contributed by atoms with Crippen LogP contribution in [0.5, 0.6) is 5.75 Å². The van der Waals surface area contributed by atoms with Crippen molar-refractivity contribution in [3.05, 3.63) is 64.2 Å². The Labute approximate surface area is 159 Å². The lowest BCUT2D eigenvalue weighted by Crippen LogP contribution is -2.57. The SMILES string of the molecule is COc1coc(CN2CC[C@@](O)(c3ccccc3)[C@H]3CCCC[C@@H]32)cc1=O. The molecule has 1 aliphatic heterocycles. The van der Waals surface area contributed by atoms with Gasteiger partial charge in [0, 0.05) is 24.6 Å². The topological polar surface area (TPSA) is 62.9 Å². The average molecular weight is 369 g/mol. The van der Waals surface area contributed by atoms with Crippen LogP contribution in [0, 0.1) is 5.92 Å². The molecule has 27 heavy (non-hydrogen) atoms. The van der Waals surface area contributed by atoms with Crippen LogP contribution in [0.15, 0.2) is 51.9 Å². The minimum atomic E-state index is -0.774. The van der Waals surface area contributed by atoms with Gasteiger partial charge in [-0.3, -0.25) is 9.69 Å². The Hall–Kier alpha value is -2.11. The number of aliphatic hydroxyl groups is 1. The number of rotatable bonds is 4. The summed E-state index contributed by atoms with van der Waals surface area (Å²) in [6.07, 6.45) is 6.51. The Balaban J connectivity index is 1.58. The first-order valence-electron chi connectivity index (χ1n) is 9.79. The molecule has 3 atom stereocenters. The summed E-state index contributed by atoms with van der Waals surface area (Å²) in [4.78, 5) is 14.4. The highest BCUT2D eigenvalue weighted by molar-refractivity contribution is 5.26. The second kappa shape index (κ2) is 7.49. The Morgan fingerprint density at radius 3 is 2.78 bits per heavy atom. The number of ether oxygens (including phenoxy) is 1. The zero-order valence-electron chi connectivity index (χ0n) is 15.8. The van der Waals surface area contributed by atoms with Crippen molar-refractivity contribution in [3.8, 4) is 5.75 Å². The van der Waals surface area contributed by atoms with Crippen LogP contribution < -0.4 is 10.2 Å². The summed E-state index contributed by atoms with van der Waals surface area (Å²) in [5.74, 6) is 1.08. The van der Waals surface area contributed by atoms with Crippen LogP contribution in [0.3, 0.4) is 0 Å². The number of methoxy groups -OCH3 is 1. The number of fused-ring (bicyclic) bond motifs is 1. The zero-order chi connectivity index (χ0) is 18.9. The zero-order valence-corrected chi connectivity index (χ0v) is 15.8. The lowest BCUT2D eigenvalue weighted by atomic mass is 9.66. The Morgan fingerprint density at radius 2 is 2.04 bits per heavy atom. The molecule has 0 amide bonds. The number of benzene rings is 1. The third-order valence-electron chi connectivity index (χ3n) is 6.30. The van der Waals surface area contributed by atoms with Gasteiger partial charge in [-0.05, 0) is 24.8 Å². The minimum Gasteiger partial charge on any atom is -0.490 e. The fourth-order valence-corrected chi connectivity index (χ4v) is 4.92. The molecular weight excluding hydrogens is 342 g/mol. The molecule has 4 rings (SSSR count). The number of hydrogen-bond acceptors (Lipinski definition) is 5. The van der Waals surface area contributed by atoms with E-state index in [0.717, 1.165) is 31.4 Å². The maximum atomic E-state index is 12.0. The highest BCUT2D eigenvalue weighted by atomic mass is 16.5. The van der Waals surface area contributed by atoms with Gasteiger partial charge in [0.15, 0.2) is 0 Å². The quantitative estimate of drug-likeness (QED) is 0.896. The van der Waals surface area contributed by atoms with Gasteiger partial charge in [0.2, 0.25) is 11.2 Å².